The number of rotatable bonds is 3. The highest BCUT2D eigenvalue weighted by molar-refractivity contribution is 7.89. The molecule has 0 radical (unpaired) electrons. The Morgan fingerprint density at radius 2 is 1.41 bits per heavy atom. The van der Waals surface area contributed by atoms with Crippen molar-refractivity contribution in [1.29, 1.82) is 0 Å². The minimum Gasteiger partial charge on any atom is -0.473 e. The molecule has 0 atom stereocenters. The average Bonchev–Trinajstić information content (AvgIpc) is 3.17. The fourth-order valence-electron chi connectivity index (χ4n) is 3.44. The first-order valence-electron chi connectivity index (χ1n) is 8.99. The van der Waals surface area contributed by atoms with Gasteiger partial charge >= 0.3 is 11.9 Å². The van der Waals surface area contributed by atoms with Crippen LogP contribution in [0.1, 0.15) is 31.2 Å². The van der Waals surface area contributed by atoms with Gasteiger partial charge in [0.2, 0.25) is 10.0 Å². The van der Waals surface area contributed by atoms with Gasteiger partial charge in [0.15, 0.2) is 0 Å². The number of piperazine rings is 1. The maximum atomic E-state index is 12.6. The van der Waals surface area contributed by atoms with Crippen molar-refractivity contribution in [3.05, 3.63) is 29.8 Å². The standard InChI is InChI=1S/C16H24N2O2S.C2H2O4/c1-14-6-8-16(9-7-14)21(19,20)18-12-10-17(11-13-18)15-4-2-3-5-15;3-1(4)2(5)6/h6-9,15H,2-5,10-13H2,1H3;(H,3,4)(H,5,6). The van der Waals surface area contributed by atoms with Crippen LogP contribution in [0.15, 0.2) is 29.2 Å². The van der Waals surface area contributed by atoms with Crippen molar-refractivity contribution in [3.63, 3.8) is 0 Å². The van der Waals surface area contributed by atoms with E-state index in [1.54, 1.807) is 16.4 Å². The highest BCUT2D eigenvalue weighted by Gasteiger charge is 2.31. The molecular formula is C18H26N2O6S. The first-order chi connectivity index (χ1) is 12.7. The van der Waals surface area contributed by atoms with E-state index in [-0.39, 0.29) is 0 Å². The number of aryl methyl sites for hydroxylation is 1. The summed E-state index contributed by atoms with van der Waals surface area (Å²) in [5, 5.41) is 14.8. The van der Waals surface area contributed by atoms with Crippen molar-refractivity contribution in [3.8, 4) is 0 Å². The molecule has 1 aromatic rings. The van der Waals surface area contributed by atoms with E-state index in [0.717, 1.165) is 18.7 Å². The molecule has 1 saturated carbocycles. The molecular weight excluding hydrogens is 372 g/mol. The van der Waals surface area contributed by atoms with Gasteiger partial charge in [-0.3, -0.25) is 4.90 Å². The zero-order valence-electron chi connectivity index (χ0n) is 15.4. The molecule has 1 saturated heterocycles. The smallest absolute Gasteiger partial charge is 0.414 e. The van der Waals surface area contributed by atoms with Crippen molar-refractivity contribution in [2.45, 2.75) is 43.5 Å². The van der Waals surface area contributed by atoms with Crippen molar-refractivity contribution in [1.82, 2.24) is 9.21 Å². The third kappa shape index (κ3) is 5.75. The van der Waals surface area contributed by atoms with E-state index in [1.165, 1.54) is 25.7 Å². The Bertz CT molecular complexity index is 737. The lowest BCUT2D eigenvalue weighted by Gasteiger charge is -2.37. The van der Waals surface area contributed by atoms with E-state index in [2.05, 4.69) is 4.90 Å². The Morgan fingerprint density at radius 3 is 1.85 bits per heavy atom. The first kappa shape index (κ1) is 21.3. The lowest BCUT2D eigenvalue weighted by Crippen LogP contribution is -2.51. The molecule has 2 aliphatic rings. The van der Waals surface area contributed by atoms with E-state index >= 15 is 0 Å². The Labute approximate surface area is 159 Å². The van der Waals surface area contributed by atoms with Gasteiger partial charge in [-0.1, -0.05) is 30.5 Å². The van der Waals surface area contributed by atoms with Crippen LogP contribution >= 0.6 is 0 Å². The summed E-state index contributed by atoms with van der Waals surface area (Å²) >= 11 is 0. The van der Waals surface area contributed by atoms with Crippen LogP contribution in [0.4, 0.5) is 0 Å². The van der Waals surface area contributed by atoms with Gasteiger partial charge in [-0.25, -0.2) is 18.0 Å². The van der Waals surface area contributed by atoms with E-state index in [0.29, 0.717) is 24.0 Å². The third-order valence-electron chi connectivity index (χ3n) is 4.96. The number of carbonyl (C=O) groups is 2. The Balaban J connectivity index is 0.000000380. The predicted molar refractivity (Wildman–Crippen MR) is 99.0 cm³/mol. The first-order valence-corrected chi connectivity index (χ1v) is 10.4. The average molecular weight is 398 g/mol. The van der Waals surface area contributed by atoms with Gasteiger partial charge in [0.1, 0.15) is 0 Å². The molecule has 0 spiro atoms. The topological polar surface area (TPSA) is 115 Å². The number of carboxylic acids is 2. The lowest BCUT2D eigenvalue weighted by atomic mass is 10.2. The Hall–Kier alpha value is -1.97. The van der Waals surface area contributed by atoms with Crippen molar-refractivity contribution in [2.24, 2.45) is 0 Å². The summed E-state index contributed by atoms with van der Waals surface area (Å²) in [6, 6.07) is 7.85. The van der Waals surface area contributed by atoms with Gasteiger partial charge in [0.25, 0.3) is 0 Å². The molecule has 150 valence electrons. The van der Waals surface area contributed by atoms with Crippen LogP contribution in [0.25, 0.3) is 0 Å². The molecule has 0 bridgehead atoms. The number of aliphatic carboxylic acids is 2. The minimum absolute atomic E-state index is 0.419. The van der Waals surface area contributed by atoms with Gasteiger partial charge in [-0.2, -0.15) is 4.31 Å². The zero-order valence-corrected chi connectivity index (χ0v) is 16.2. The van der Waals surface area contributed by atoms with Crippen molar-refractivity contribution in [2.75, 3.05) is 26.2 Å². The van der Waals surface area contributed by atoms with Crippen LogP contribution in [-0.2, 0) is 19.6 Å². The zero-order chi connectivity index (χ0) is 20.0. The van der Waals surface area contributed by atoms with E-state index in [1.807, 2.05) is 19.1 Å². The van der Waals surface area contributed by atoms with Crippen LogP contribution in [0.3, 0.4) is 0 Å². The maximum absolute atomic E-state index is 12.6. The largest absolute Gasteiger partial charge is 0.473 e. The van der Waals surface area contributed by atoms with Crippen LogP contribution in [0, 0.1) is 6.92 Å². The van der Waals surface area contributed by atoms with Gasteiger partial charge in [-0.15, -0.1) is 0 Å². The summed E-state index contributed by atoms with van der Waals surface area (Å²) in [6.45, 7) is 4.95. The lowest BCUT2D eigenvalue weighted by molar-refractivity contribution is -0.159. The Kier molecular flexibility index (Phi) is 7.34. The number of hydrogen-bond donors (Lipinski definition) is 2. The van der Waals surface area contributed by atoms with E-state index in [4.69, 9.17) is 19.8 Å². The minimum atomic E-state index is -3.32. The maximum Gasteiger partial charge on any atom is 0.414 e. The normalized spacial score (nSPS) is 19.3. The highest BCUT2D eigenvalue weighted by atomic mass is 32.2. The molecule has 1 aromatic carbocycles. The second-order valence-electron chi connectivity index (χ2n) is 6.80. The summed E-state index contributed by atoms with van der Waals surface area (Å²) in [5.41, 5.74) is 1.08. The molecule has 0 amide bonds. The van der Waals surface area contributed by atoms with Gasteiger partial charge < -0.3 is 10.2 Å². The summed E-state index contributed by atoms with van der Waals surface area (Å²) in [4.78, 5) is 21.1. The summed E-state index contributed by atoms with van der Waals surface area (Å²) in [6.07, 6.45) is 5.22. The van der Waals surface area contributed by atoms with Crippen LogP contribution < -0.4 is 0 Å². The molecule has 0 unspecified atom stereocenters. The van der Waals surface area contributed by atoms with E-state index in [9.17, 15) is 8.42 Å². The third-order valence-corrected chi connectivity index (χ3v) is 6.87. The van der Waals surface area contributed by atoms with Crippen molar-refractivity contribution < 1.29 is 28.2 Å². The monoisotopic (exact) mass is 398 g/mol. The molecule has 1 aliphatic heterocycles. The molecule has 0 aromatic heterocycles. The van der Waals surface area contributed by atoms with Gasteiger partial charge in [0, 0.05) is 32.2 Å². The Morgan fingerprint density at radius 1 is 0.926 bits per heavy atom. The van der Waals surface area contributed by atoms with Gasteiger partial charge in [0.05, 0.1) is 4.90 Å². The highest BCUT2D eigenvalue weighted by Crippen LogP contribution is 2.25. The summed E-state index contributed by atoms with van der Waals surface area (Å²) in [7, 11) is -3.32. The number of hydrogen-bond acceptors (Lipinski definition) is 5. The fourth-order valence-corrected chi connectivity index (χ4v) is 4.86. The van der Waals surface area contributed by atoms with Crippen molar-refractivity contribution >= 4 is 22.0 Å². The molecule has 3 rings (SSSR count). The fraction of sp³-hybridized carbons (Fsp3) is 0.556. The summed E-state index contributed by atoms with van der Waals surface area (Å²) in [5.74, 6) is -3.65. The number of carboxylic acid groups (broad SMARTS) is 2. The molecule has 1 aliphatic carbocycles. The summed E-state index contributed by atoms with van der Waals surface area (Å²) < 4.78 is 26.9. The second kappa shape index (κ2) is 9.29. The SMILES string of the molecule is Cc1ccc(S(=O)(=O)N2CCN(C3CCCC3)CC2)cc1.O=C(O)C(=O)O. The number of nitrogens with zero attached hydrogens (tertiary/aromatic N) is 2. The van der Waals surface area contributed by atoms with Crippen LogP contribution in [0.2, 0.25) is 0 Å². The van der Waals surface area contributed by atoms with Crippen LogP contribution in [0.5, 0.6) is 0 Å². The molecule has 27 heavy (non-hydrogen) atoms. The molecule has 2 fully saturated rings. The number of sulfonamides is 1. The number of benzene rings is 1. The molecule has 8 nitrogen and oxygen atoms in total. The quantitative estimate of drug-likeness (QED) is 0.740. The molecule has 2 N–H and O–H groups in total. The van der Waals surface area contributed by atoms with Crippen LogP contribution in [-0.4, -0.2) is 72.0 Å². The van der Waals surface area contributed by atoms with Gasteiger partial charge in [-0.05, 0) is 31.9 Å². The molecule has 9 heteroatoms. The second-order valence-corrected chi connectivity index (χ2v) is 8.74. The van der Waals surface area contributed by atoms with E-state index < -0.39 is 22.0 Å². The molecule has 1 heterocycles. The predicted octanol–water partition coefficient (Wildman–Crippen LogP) is 1.40.